The van der Waals surface area contributed by atoms with Crippen LogP contribution in [0.4, 0.5) is 0 Å². The van der Waals surface area contributed by atoms with Crippen LogP contribution < -0.4 is 5.32 Å². The average Bonchev–Trinajstić information content (AvgIpc) is 2.82. The number of hydrogen-bond acceptors (Lipinski definition) is 3. The van der Waals surface area contributed by atoms with E-state index in [9.17, 15) is 0 Å². The highest BCUT2D eigenvalue weighted by Gasteiger charge is 2.41. The van der Waals surface area contributed by atoms with Crippen LogP contribution in [-0.4, -0.2) is 31.4 Å². The predicted molar refractivity (Wildman–Crippen MR) is 83.1 cm³/mol. The molecule has 2 saturated heterocycles. The number of rotatable bonds is 3. The molecule has 3 nitrogen and oxygen atoms in total. The number of benzene rings is 1. The van der Waals surface area contributed by atoms with Gasteiger partial charge in [0.05, 0.1) is 24.9 Å². The van der Waals surface area contributed by atoms with E-state index in [2.05, 4.69) is 52.2 Å². The zero-order chi connectivity index (χ0) is 13.1. The van der Waals surface area contributed by atoms with E-state index >= 15 is 0 Å². The quantitative estimate of drug-likeness (QED) is 0.827. The van der Waals surface area contributed by atoms with Crippen molar-refractivity contribution in [1.29, 1.82) is 0 Å². The first-order chi connectivity index (χ1) is 9.26. The van der Waals surface area contributed by atoms with Crippen molar-refractivity contribution in [2.75, 3.05) is 19.7 Å². The van der Waals surface area contributed by atoms with Gasteiger partial charge in [-0.05, 0) is 66.2 Å². The summed E-state index contributed by atoms with van der Waals surface area (Å²) in [6.45, 7) is 3.59. The molecule has 1 spiro atoms. The normalized spacial score (nSPS) is 25.8. The topological polar surface area (TPSA) is 30.5 Å². The second-order valence-corrected chi connectivity index (χ2v) is 6.75. The molecule has 0 aliphatic carbocycles. The first-order valence-corrected chi connectivity index (χ1v) is 8.04. The molecule has 0 amide bonds. The van der Waals surface area contributed by atoms with E-state index in [4.69, 9.17) is 9.47 Å². The summed E-state index contributed by atoms with van der Waals surface area (Å²) in [7, 11) is 0. The minimum absolute atomic E-state index is 0.0992. The molecule has 0 saturated carbocycles. The molecule has 1 N–H and O–H groups in total. The summed E-state index contributed by atoms with van der Waals surface area (Å²) in [6.07, 6.45) is 3.56. The van der Waals surface area contributed by atoms with Gasteiger partial charge in [-0.25, -0.2) is 0 Å². The Morgan fingerprint density at radius 3 is 2.74 bits per heavy atom. The Morgan fingerprint density at radius 2 is 2.00 bits per heavy atom. The van der Waals surface area contributed by atoms with E-state index in [0.29, 0.717) is 6.61 Å². The van der Waals surface area contributed by atoms with Crippen molar-refractivity contribution in [2.24, 2.45) is 0 Å². The number of hydrogen-bond donors (Lipinski definition) is 1. The highest BCUT2D eigenvalue weighted by Crippen LogP contribution is 2.35. The van der Waals surface area contributed by atoms with Crippen molar-refractivity contribution in [3.8, 4) is 0 Å². The molecule has 0 aromatic heterocycles. The molecule has 0 bridgehead atoms. The van der Waals surface area contributed by atoms with Crippen LogP contribution in [0.3, 0.4) is 0 Å². The second kappa shape index (κ2) is 6.08. The van der Waals surface area contributed by atoms with E-state index < -0.39 is 0 Å². The highest BCUT2D eigenvalue weighted by atomic mass is 127. The summed E-state index contributed by atoms with van der Waals surface area (Å²) < 4.78 is 13.3. The summed E-state index contributed by atoms with van der Waals surface area (Å²) in [5.74, 6) is 0. The van der Waals surface area contributed by atoms with Crippen molar-refractivity contribution in [3.05, 3.63) is 33.4 Å². The average molecular weight is 373 g/mol. The maximum Gasteiger partial charge on any atom is 0.0840 e. The molecular formula is C15H20INO2. The van der Waals surface area contributed by atoms with Gasteiger partial charge in [0, 0.05) is 9.99 Å². The maximum atomic E-state index is 6.04. The molecule has 2 aliphatic heterocycles. The van der Waals surface area contributed by atoms with Gasteiger partial charge >= 0.3 is 0 Å². The number of piperidine rings is 1. The van der Waals surface area contributed by atoms with Crippen LogP contribution in [-0.2, 0) is 16.1 Å². The fourth-order valence-corrected chi connectivity index (χ4v) is 3.29. The van der Waals surface area contributed by atoms with Gasteiger partial charge in [0.1, 0.15) is 0 Å². The summed E-state index contributed by atoms with van der Waals surface area (Å²) in [5.41, 5.74) is 1.34. The van der Waals surface area contributed by atoms with Gasteiger partial charge in [-0.1, -0.05) is 12.1 Å². The van der Waals surface area contributed by atoms with Crippen LogP contribution in [0.2, 0.25) is 0 Å². The predicted octanol–water partition coefficient (Wildman–Crippen LogP) is 2.72. The lowest BCUT2D eigenvalue weighted by atomic mass is 9.89. The fraction of sp³-hybridized carbons (Fsp3) is 0.600. The van der Waals surface area contributed by atoms with Crippen LogP contribution in [0.5, 0.6) is 0 Å². The SMILES string of the molecule is Ic1ccc(COC2COC3(CCNCC3)C2)cc1. The van der Waals surface area contributed by atoms with Gasteiger partial charge in [0.2, 0.25) is 0 Å². The Labute approximate surface area is 128 Å². The van der Waals surface area contributed by atoms with Crippen molar-refractivity contribution in [3.63, 3.8) is 0 Å². The van der Waals surface area contributed by atoms with Crippen molar-refractivity contribution in [1.82, 2.24) is 5.32 Å². The van der Waals surface area contributed by atoms with Crippen LogP contribution in [0, 0.1) is 3.57 Å². The van der Waals surface area contributed by atoms with Gasteiger partial charge in [0.25, 0.3) is 0 Å². The van der Waals surface area contributed by atoms with Gasteiger partial charge in [0.15, 0.2) is 0 Å². The van der Waals surface area contributed by atoms with E-state index in [1.807, 2.05) is 0 Å². The fourth-order valence-electron chi connectivity index (χ4n) is 2.94. The van der Waals surface area contributed by atoms with Crippen LogP contribution in [0.15, 0.2) is 24.3 Å². The molecule has 1 unspecified atom stereocenters. The summed E-state index contributed by atoms with van der Waals surface area (Å²) in [5, 5.41) is 3.39. The molecule has 2 heterocycles. The third-order valence-electron chi connectivity index (χ3n) is 4.09. The van der Waals surface area contributed by atoms with Crippen LogP contribution >= 0.6 is 22.6 Å². The first-order valence-electron chi connectivity index (χ1n) is 6.97. The van der Waals surface area contributed by atoms with E-state index in [-0.39, 0.29) is 11.7 Å². The smallest absolute Gasteiger partial charge is 0.0840 e. The monoisotopic (exact) mass is 373 g/mol. The molecule has 1 aromatic rings. The largest absolute Gasteiger partial charge is 0.372 e. The number of nitrogens with one attached hydrogen (secondary N) is 1. The molecule has 1 atom stereocenters. The standard InChI is InChI=1S/C15H20INO2/c16-13-3-1-12(2-4-13)10-18-14-9-15(19-11-14)5-7-17-8-6-15/h1-4,14,17H,5-11H2. The van der Waals surface area contributed by atoms with Crippen molar-refractivity contribution in [2.45, 2.75) is 37.6 Å². The van der Waals surface area contributed by atoms with Gasteiger partial charge in [-0.2, -0.15) is 0 Å². The van der Waals surface area contributed by atoms with E-state index in [1.165, 1.54) is 9.13 Å². The van der Waals surface area contributed by atoms with Crippen molar-refractivity contribution < 1.29 is 9.47 Å². The number of halogens is 1. The molecule has 1 aromatic carbocycles. The summed E-state index contributed by atoms with van der Waals surface area (Å²) in [6, 6.07) is 8.52. The minimum atomic E-state index is 0.0992. The van der Waals surface area contributed by atoms with E-state index in [1.54, 1.807) is 0 Å². The Kier molecular flexibility index (Phi) is 4.41. The molecule has 0 radical (unpaired) electrons. The zero-order valence-electron chi connectivity index (χ0n) is 11.0. The maximum absolute atomic E-state index is 6.04. The highest BCUT2D eigenvalue weighted by molar-refractivity contribution is 14.1. The van der Waals surface area contributed by atoms with Gasteiger partial charge in [-0.3, -0.25) is 0 Å². The summed E-state index contributed by atoms with van der Waals surface area (Å²) in [4.78, 5) is 0. The second-order valence-electron chi connectivity index (χ2n) is 5.51. The molecule has 2 fully saturated rings. The lowest BCUT2D eigenvalue weighted by Crippen LogP contribution is -2.41. The lowest BCUT2D eigenvalue weighted by Gasteiger charge is -2.32. The molecular weight excluding hydrogens is 353 g/mol. The molecule has 19 heavy (non-hydrogen) atoms. The Hall–Kier alpha value is -0.170. The molecule has 104 valence electrons. The third kappa shape index (κ3) is 3.48. The first kappa shape index (κ1) is 13.8. The van der Waals surface area contributed by atoms with Gasteiger partial charge in [-0.15, -0.1) is 0 Å². The molecule has 4 heteroatoms. The Morgan fingerprint density at radius 1 is 1.26 bits per heavy atom. The Bertz CT molecular complexity index is 415. The number of ether oxygens (including phenoxy) is 2. The van der Waals surface area contributed by atoms with Gasteiger partial charge < -0.3 is 14.8 Å². The Balaban J connectivity index is 1.50. The van der Waals surface area contributed by atoms with E-state index in [0.717, 1.165) is 39.0 Å². The molecule has 2 aliphatic rings. The van der Waals surface area contributed by atoms with Crippen LogP contribution in [0.1, 0.15) is 24.8 Å². The third-order valence-corrected chi connectivity index (χ3v) is 4.81. The summed E-state index contributed by atoms with van der Waals surface area (Å²) >= 11 is 2.32. The minimum Gasteiger partial charge on any atom is -0.372 e. The van der Waals surface area contributed by atoms with Crippen molar-refractivity contribution >= 4 is 22.6 Å². The molecule has 3 rings (SSSR count). The van der Waals surface area contributed by atoms with Crippen LogP contribution in [0.25, 0.3) is 0 Å². The zero-order valence-corrected chi connectivity index (χ0v) is 13.2. The lowest BCUT2D eigenvalue weighted by molar-refractivity contribution is -0.0240.